The van der Waals surface area contributed by atoms with Crippen molar-refractivity contribution < 1.29 is 18.4 Å². The highest BCUT2D eigenvalue weighted by Crippen LogP contribution is 2.33. The lowest BCUT2D eigenvalue weighted by Gasteiger charge is -2.38. The van der Waals surface area contributed by atoms with Crippen LogP contribution >= 0.6 is 11.3 Å². The molecule has 2 amide bonds. The van der Waals surface area contributed by atoms with Crippen molar-refractivity contribution >= 4 is 34.2 Å². The molecule has 2 unspecified atom stereocenters. The standard InChI is InChI=1S/C25H22F2N10O2S/c1-14(38)35-12-15(33-24(39)25-30-11-20(40-25)22(26)27)8-16(13-35)36-19-9-21(37-31-6-7-32-37)29-10-18(19)34-23(36)17-4-2-3-5-28-17/h2-7,9-11,15-16,22H,8,12-13H2,1H3,(H,33,39). The Morgan fingerprint density at radius 3 is 2.60 bits per heavy atom. The Morgan fingerprint density at radius 1 is 1.07 bits per heavy atom. The molecule has 1 N–H and O–H groups in total. The summed E-state index contributed by atoms with van der Waals surface area (Å²) in [6.07, 6.45) is 5.14. The van der Waals surface area contributed by atoms with Gasteiger partial charge < -0.3 is 14.8 Å². The van der Waals surface area contributed by atoms with E-state index in [4.69, 9.17) is 4.98 Å². The zero-order chi connectivity index (χ0) is 27.8. The number of rotatable bonds is 6. The fourth-order valence-electron chi connectivity index (χ4n) is 4.84. The second kappa shape index (κ2) is 10.5. The van der Waals surface area contributed by atoms with Crippen LogP contribution in [0.4, 0.5) is 8.78 Å². The number of pyridine rings is 2. The number of thiazole rings is 1. The van der Waals surface area contributed by atoms with Gasteiger partial charge in [-0.15, -0.1) is 16.1 Å². The van der Waals surface area contributed by atoms with E-state index in [1.54, 1.807) is 35.8 Å². The summed E-state index contributed by atoms with van der Waals surface area (Å²) in [5.74, 6) is 0.326. The van der Waals surface area contributed by atoms with E-state index in [-0.39, 0.29) is 28.4 Å². The number of halogens is 2. The number of hydrogen-bond acceptors (Lipinski definition) is 9. The molecular weight excluding hydrogens is 542 g/mol. The van der Waals surface area contributed by atoms with E-state index in [9.17, 15) is 18.4 Å². The van der Waals surface area contributed by atoms with E-state index in [0.717, 1.165) is 11.7 Å². The maximum Gasteiger partial charge on any atom is 0.280 e. The molecule has 204 valence electrons. The highest BCUT2D eigenvalue weighted by molar-refractivity contribution is 7.13. The predicted octanol–water partition coefficient (Wildman–Crippen LogP) is 3.06. The van der Waals surface area contributed by atoms with E-state index in [1.165, 1.54) is 11.7 Å². The Hall–Kier alpha value is -4.66. The van der Waals surface area contributed by atoms with Crippen LogP contribution in [0.5, 0.6) is 0 Å². The Bertz CT molecular complexity index is 1670. The van der Waals surface area contributed by atoms with Crippen molar-refractivity contribution in [3.8, 4) is 17.3 Å². The molecule has 0 radical (unpaired) electrons. The van der Waals surface area contributed by atoms with Gasteiger partial charge in [-0.1, -0.05) is 6.07 Å². The number of hydrogen-bond donors (Lipinski definition) is 1. The fraction of sp³-hybridized carbons (Fsp3) is 0.280. The van der Waals surface area contributed by atoms with Crippen molar-refractivity contribution in [1.82, 2.24) is 49.7 Å². The second-order valence-electron chi connectivity index (χ2n) is 9.22. The van der Waals surface area contributed by atoms with Crippen LogP contribution in [-0.4, -0.2) is 75.3 Å². The number of carbonyl (C=O) groups is 2. The molecule has 2 atom stereocenters. The SMILES string of the molecule is CC(=O)N1CC(NC(=O)c2ncc(C(F)F)s2)CC(n2c(-c3ccccn3)nc3cnc(-n4nccn4)cc32)C1. The van der Waals surface area contributed by atoms with Crippen molar-refractivity contribution in [2.45, 2.75) is 31.9 Å². The van der Waals surface area contributed by atoms with Gasteiger partial charge in [-0.2, -0.15) is 10.2 Å². The van der Waals surface area contributed by atoms with E-state index < -0.39 is 18.4 Å². The molecule has 12 nitrogen and oxygen atoms in total. The maximum atomic E-state index is 13.0. The lowest BCUT2D eigenvalue weighted by Crippen LogP contribution is -2.52. The zero-order valence-electron chi connectivity index (χ0n) is 21.1. The molecule has 1 fully saturated rings. The summed E-state index contributed by atoms with van der Waals surface area (Å²) in [6, 6.07) is 6.53. The summed E-state index contributed by atoms with van der Waals surface area (Å²) >= 11 is 0.647. The van der Waals surface area contributed by atoms with Crippen LogP contribution in [0.1, 0.15) is 40.5 Å². The fourth-order valence-corrected chi connectivity index (χ4v) is 5.51. The quantitative estimate of drug-likeness (QED) is 0.332. The molecule has 5 aromatic rings. The summed E-state index contributed by atoms with van der Waals surface area (Å²) in [5, 5.41) is 11.2. The van der Waals surface area contributed by atoms with Gasteiger partial charge in [-0.3, -0.25) is 14.6 Å². The zero-order valence-corrected chi connectivity index (χ0v) is 21.9. The molecule has 6 heterocycles. The Kier molecular flexibility index (Phi) is 6.71. The average molecular weight is 565 g/mol. The lowest BCUT2D eigenvalue weighted by molar-refractivity contribution is -0.130. The number of alkyl halides is 2. The van der Waals surface area contributed by atoms with Gasteiger partial charge in [0.15, 0.2) is 16.6 Å². The van der Waals surface area contributed by atoms with Gasteiger partial charge in [-0.25, -0.2) is 23.7 Å². The number of fused-ring (bicyclic) bond motifs is 1. The molecule has 0 bridgehead atoms. The van der Waals surface area contributed by atoms with Crippen LogP contribution < -0.4 is 5.32 Å². The molecule has 5 aromatic heterocycles. The highest BCUT2D eigenvalue weighted by Gasteiger charge is 2.34. The normalized spacial score (nSPS) is 17.4. The first kappa shape index (κ1) is 25.6. The summed E-state index contributed by atoms with van der Waals surface area (Å²) in [5.41, 5.74) is 1.96. The lowest BCUT2D eigenvalue weighted by atomic mass is 9.99. The molecule has 0 aliphatic carbocycles. The third kappa shape index (κ3) is 4.90. The highest BCUT2D eigenvalue weighted by atomic mass is 32.1. The third-order valence-corrected chi connectivity index (χ3v) is 7.59. The number of nitrogens with one attached hydrogen (secondary N) is 1. The van der Waals surface area contributed by atoms with Gasteiger partial charge in [0.1, 0.15) is 11.2 Å². The molecule has 40 heavy (non-hydrogen) atoms. The van der Waals surface area contributed by atoms with Gasteiger partial charge >= 0.3 is 0 Å². The third-order valence-electron chi connectivity index (χ3n) is 6.59. The molecular formula is C25H22F2N10O2S. The van der Waals surface area contributed by atoms with Crippen LogP contribution in [-0.2, 0) is 4.79 Å². The minimum Gasteiger partial charge on any atom is -0.345 e. The van der Waals surface area contributed by atoms with Gasteiger partial charge in [0.2, 0.25) is 5.91 Å². The van der Waals surface area contributed by atoms with Crippen molar-refractivity contribution in [3.05, 3.63) is 65.1 Å². The summed E-state index contributed by atoms with van der Waals surface area (Å²) in [6.45, 7) is 2.09. The molecule has 15 heteroatoms. The molecule has 0 aromatic carbocycles. The second-order valence-corrected chi connectivity index (χ2v) is 10.3. The van der Waals surface area contributed by atoms with Gasteiger partial charge in [0.05, 0.1) is 35.0 Å². The average Bonchev–Trinajstić information content (AvgIpc) is 3.73. The van der Waals surface area contributed by atoms with Crippen LogP contribution in [0.15, 0.2) is 55.2 Å². The van der Waals surface area contributed by atoms with E-state index in [2.05, 4.69) is 30.5 Å². The largest absolute Gasteiger partial charge is 0.345 e. The van der Waals surface area contributed by atoms with E-state index >= 15 is 0 Å². The molecule has 6 rings (SSSR count). The minimum absolute atomic E-state index is 0.0588. The molecule has 1 aliphatic rings. The van der Waals surface area contributed by atoms with Crippen molar-refractivity contribution in [2.75, 3.05) is 13.1 Å². The Labute approximate surface area is 229 Å². The number of piperidine rings is 1. The molecule has 1 saturated heterocycles. The Balaban J connectivity index is 1.40. The van der Waals surface area contributed by atoms with Crippen LogP contribution in [0, 0.1) is 0 Å². The molecule has 0 spiro atoms. The van der Waals surface area contributed by atoms with Gasteiger partial charge in [-0.05, 0) is 18.6 Å². The number of nitrogens with zero attached hydrogens (tertiary/aromatic N) is 9. The first-order valence-corrected chi connectivity index (χ1v) is 13.2. The van der Waals surface area contributed by atoms with Crippen molar-refractivity contribution in [1.29, 1.82) is 0 Å². The monoisotopic (exact) mass is 564 g/mol. The Morgan fingerprint density at radius 2 is 1.90 bits per heavy atom. The number of carbonyl (C=O) groups excluding carboxylic acids is 2. The first-order chi connectivity index (χ1) is 19.4. The summed E-state index contributed by atoms with van der Waals surface area (Å²) < 4.78 is 28.1. The van der Waals surface area contributed by atoms with Crippen LogP contribution in [0.2, 0.25) is 0 Å². The number of likely N-dealkylation sites (tertiary alicyclic amines) is 1. The predicted molar refractivity (Wildman–Crippen MR) is 140 cm³/mol. The molecule has 0 saturated carbocycles. The van der Waals surface area contributed by atoms with Crippen molar-refractivity contribution in [3.63, 3.8) is 0 Å². The minimum atomic E-state index is -2.71. The maximum absolute atomic E-state index is 13.0. The van der Waals surface area contributed by atoms with Crippen LogP contribution in [0.3, 0.4) is 0 Å². The molecule has 1 aliphatic heterocycles. The summed E-state index contributed by atoms with van der Waals surface area (Å²) in [4.78, 5) is 45.9. The van der Waals surface area contributed by atoms with Gasteiger partial charge in [0, 0.05) is 44.5 Å². The van der Waals surface area contributed by atoms with Crippen molar-refractivity contribution in [2.24, 2.45) is 0 Å². The van der Waals surface area contributed by atoms with E-state index in [1.807, 2.05) is 22.8 Å². The topological polar surface area (TPSA) is 137 Å². The first-order valence-electron chi connectivity index (χ1n) is 12.3. The van der Waals surface area contributed by atoms with Gasteiger partial charge in [0.25, 0.3) is 12.3 Å². The number of imidazole rings is 1. The number of amides is 2. The smallest absolute Gasteiger partial charge is 0.280 e. The van der Waals surface area contributed by atoms with Crippen LogP contribution in [0.25, 0.3) is 28.4 Å². The summed E-state index contributed by atoms with van der Waals surface area (Å²) in [7, 11) is 0. The number of aromatic nitrogens is 8. The van der Waals surface area contributed by atoms with E-state index in [0.29, 0.717) is 47.2 Å².